The molecule has 0 fully saturated rings. The molecule has 0 aliphatic carbocycles. The molecule has 1 amide bonds. The summed E-state index contributed by atoms with van der Waals surface area (Å²) in [5, 5.41) is 3.93. The van der Waals surface area contributed by atoms with Crippen LogP contribution in [0.1, 0.15) is 29.8 Å². The molecule has 138 valence electrons. The molecule has 0 radical (unpaired) electrons. The van der Waals surface area contributed by atoms with Crippen LogP contribution in [0.3, 0.4) is 0 Å². The second kappa shape index (κ2) is 7.65. The second-order valence-corrected chi connectivity index (χ2v) is 7.12. The molecule has 2 aromatic rings. The van der Waals surface area contributed by atoms with Crippen molar-refractivity contribution in [1.29, 1.82) is 0 Å². The van der Waals surface area contributed by atoms with Gasteiger partial charge in [0.15, 0.2) is 0 Å². The van der Waals surface area contributed by atoms with Crippen molar-refractivity contribution in [2.45, 2.75) is 25.9 Å². The lowest BCUT2D eigenvalue weighted by Crippen LogP contribution is -2.43. The Morgan fingerprint density at radius 2 is 2.08 bits per heavy atom. The van der Waals surface area contributed by atoms with Crippen LogP contribution in [0.15, 0.2) is 27.8 Å². The molecule has 26 heavy (non-hydrogen) atoms. The third kappa shape index (κ3) is 4.17. The maximum Gasteiger partial charge on any atom is 0.325 e. The Balaban J connectivity index is 1.63. The summed E-state index contributed by atoms with van der Waals surface area (Å²) in [5.41, 5.74) is 1.02. The molecule has 1 atom stereocenters. The summed E-state index contributed by atoms with van der Waals surface area (Å²) < 4.78 is 0. The number of hydrogen-bond donors (Lipinski definition) is 3. The van der Waals surface area contributed by atoms with Gasteiger partial charge in [-0.2, -0.15) is 0 Å². The first kappa shape index (κ1) is 18.7. The number of halogens is 2. The Kier molecular flexibility index (Phi) is 5.50. The first-order chi connectivity index (χ1) is 12.3. The third-order valence-electron chi connectivity index (χ3n) is 4.36. The normalized spacial score (nSPS) is 15.3. The summed E-state index contributed by atoms with van der Waals surface area (Å²) in [6, 6.07) is 4.87. The molecule has 3 rings (SSSR count). The number of aromatic amines is 2. The van der Waals surface area contributed by atoms with Crippen LogP contribution in [0.25, 0.3) is 0 Å². The molecule has 9 heteroatoms. The van der Waals surface area contributed by atoms with E-state index in [0.29, 0.717) is 40.8 Å². The highest BCUT2D eigenvalue weighted by molar-refractivity contribution is 6.35. The van der Waals surface area contributed by atoms with Crippen LogP contribution in [-0.2, 0) is 17.8 Å². The number of amides is 1. The third-order valence-corrected chi connectivity index (χ3v) is 4.93. The average Bonchev–Trinajstić information content (AvgIpc) is 2.53. The van der Waals surface area contributed by atoms with E-state index >= 15 is 0 Å². The van der Waals surface area contributed by atoms with Crippen molar-refractivity contribution in [2.24, 2.45) is 0 Å². The predicted octanol–water partition coefficient (Wildman–Crippen LogP) is 1.61. The van der Waals surface area contributed by atoms with Gasteiger partial charge in [-0.25, -0.2) is 4.79 Å². The fraction of sp³-hybridized carbons (Fsp3) is 0.353. The monoisotopic (exact) mass is 396 g/mol. The minimum Gasteiger partial charge on any atom is -0.348 e. The molecule has 0 saturated heterocycles. The number of rotatable bonds is 4. The zero-order valence-corrected chi connectivity index (χ0v) is 15.6. The molecular weight excluding hydrogens is 379 g/mol. The van der Waals surface area contributed by atoms with Gasteiger partial charge in [-0.3, -0.25) is 19.5 Å². The highest BCUT2D eigenvalue weighted by Gasteiger charge is 2.22. The van der Waals surface area contributed by atoms with E-state index in [0.717, 1.165) is 5.56 Å². The van der Waals surface area contributed by atoms with E-state index < -0.39 is 5.69 Å². The standard InChI is InChI=1S/C17H18Cl2N4O3/c1-9(11-3-2-10(18)6-13(11)19)20-15(24)8-23-5-4-12-14(7-23)21-17(26)22-16(12)25/h2-3,6,9H,4-5,7-8H2,1H3,(H,20,24)(H2,21,22,25,26). The lowest BCUT2D eigenvalue weighted by Gasteiger charge is -2.27. The summed E-state index contributed by atoms with van der Waals surface area (Å²) in [4.78, 5) is 42.3. The number of benzene rings is 1. The van der Waals surface area contributed by atoms with Crippen molar-refractivity contribution in [2.75, 3.05) is 13.1 Å². The van der Waals surface area contributed by atoms with Crippen LogP contribution in [-0.4, -0.2) is 33.9 Å². The number of carbonyl (C=O) groups excluding carboxylic acids is 1. The Morgan fingerprint density at radius 3 is 2.81 bits per heavy atom. The minimum atomic E-state index is -0.536. The summed E-state index contributed by atoms with van der Waals surface area (Å²) in [6.45, 7) is 2.91. The van der Waals surface area contributed by atoms with Gasteiger partial charge in [0.25, 0.3) is 5.56 Å². The summed E-state index contributed by atoms with van der Waals surface area (Å²) in [7, 11) is 0. The van der Waals surface area contributed by atoms with Crippen LogP contribution in [0, 0.1) is 0 Å². The van der Waals surface area contributed by atoms with E-state index in [1.807, 2.05) is 11.8 Å². The smallest absolute Gasteiger partial charge is 0.325 e. The summed E-state index contributed by atoms with van der Waals surface area (Å²) in [5.74, 6) is -0.167. The number of H-pyrrole nitrogens is 2. The molecule has 0 bridgehead atoms. The zero-order valence-electron chi connectivity index (χ0n) is 14.1. The lowest BCUT2D eigenvalue weighted by atomic mass is 10.1. The fourth-order valence-electron chi connectivity index (χ4n) is 3.09. The maximum absolute atomic E-state index is 12.4. The molecule has 2 heterocycles. The van der Waals surface area contributed by atoms with Gasteiger partial charge in [-0.1, -0.05) is 29.3 Å². The SMILES string of the molecule is CC(NC(=O)CN1CCc2c([nH]c(=O)[nH]c2=O)C1)c1ccc(Cl)cc1Cl. The van der Waals surface area contributed by atoms with Crippen molar-refractivity contribution < 1.29 is 4.79 Å². The molecule has 1 aliphatic rings. The Hall–Kier alpha value is -2.09. The van der Waals surface area contributed by atoms with Crippen molar-refractivity contribution in [3.63, 3.8) is 0 Å². The van der Waals surface area contributed by atoms with Crippen LogP contribution in [0.4, 0.5) is 0 Å². The van der Waals surface area contributed by atoms with E-state index in [9.17, 15) is 14.4 Å². The predicted molar refractivity (Wildman–Crippen MR) is 99.7 cm³/mol. The number of carbonyl (C=O) groups is 1. The van der Waals surface area contributed by atoms with Gasteiger partial charge in [0.1, 0.15) is 0 Å². The van der Waals surface area contributed by atoms with Crippen molar-refractivity contribution >= 4 is 29.1 Å². The quantitative estimate of drug-likeness (QED) is 0.730. The molecule has 3 N–H and O–H groups in total. The number of aromatic nitrogens is 2. The number of nitrogens with one attached hydrogen (secondary N) is 3. The van der Waals surface area contributed by atoms with Gasteiger partial charge in [0, 0.05) is 34.4 Å². The number of nitrogens with zero attached hydrogens (tertiary/aromatic N) is 1. The maximum atomic E-state index is 12.4. The highest BCUT2D eigenvalue weighted by atomic mass is 35.5. The summed E-state index contributed by atoms with van der Waals surface area (Å²) in [6.07, 6.45) is 0.479. The fourth-order valence-corrected chi connectivity index (χ4v) is 3.66. The number of hydrogen-bond acceptors (Lipinski definition) is 4. The van der Waals surface area contributed by atoms with Gasteiger partial charge in [-0.05, 0) is 31.0 Å². The van der Waals surface area contributed by atoms with Crippen molar-refractivity contribution in [3.05, 3.63) is 65.9 Å². The van der Waals surface area contributed by atoms with Crippen LogP contribution in [0.2, 0.25) is 10.0 Å². The van der Waals surface area contributed by atoms with E-state index in [4.69, 9.17) is 23.2 Å². The van der Waals surface area contributed by atoms with Gasteiger partial charge in [0.2, 0.25) is 5.91 Å². The Bertz CT molecular complexity index is 954. The summed E-state index contributed by atoms with van der Waals surface area (Å²) >= 11 is 12.1. The second-order valence-electron chi connectivity index (χ2n) is 6.28. The lowest BCUT2D eigenvalue weighted by molar-refractivity contribution is -0.123. The van der Waals surface area contributed by atoms with Gasteiger partial charge < -0.3 is 10.3 Å². The molecular formula is C17H18Cl2N4O3. The molecule has 7 nitrogen and oxygen atoms in total. The van der Waals surface area contributed by atoms with E-state index in [1.165, 1.54) is 0 Å². The number of fused-ring (bicyclic) bond motifs is 1. The largest absolute Gasteiger partial charge is 0.348 e. The van der Waals surface area contributed by atoms with Gasteiger partial charge in [-0.15, -0.1) is 0 Å². The Labute approximate surface area is 159 Å². The molecule has 1 aromatic heterocycles. The molecule has 0 spiro atoms. The van der Waals surface area contributed by atoms with E-state index in [-0.39, 0.29) is 24.1 Å². The molecule has 0 saturated carbocycles. The highest BCUT2D eigenvalue weighted by Crippen LogP contribution is 2.26. The molecule has 1 aromatic carbocycles. The van der Waals surface area contributed by atoms with Crippen molar-refractivity contribution in [1.82, 2.24) is 20.2 Å². The molecule has 1 aliphatic heterocycles. The van der Waals surface area contributed by atoms with Crippen LogP contribution >= 0.6 is 23.2 Å². The zero-order chi connectivity index (χ0) is 18.8. The van der Waals surface area contributed by atoms with Crippen LogP contribution in [0.5, 0.6) is 0 Å². The van der Waals surface area contributed by atoms with E-state index in [1.54, 1.807) is 18.2 Å². The first-order valence-corrected chi connectivity index (χ1v) is 8.90. The van der Waals surface area contributed by atoms with Crippen molar-refractivity contribution in [3.8, 4) is 0 Å². The molecule has 1 unspecified atom stereocenters. The van der Waals surface area contributed by atoms with Gasteiger partial charge >= 0.3 is 5.69 Å². The minimum absolute atomic E-state index is 0.157. The van der Waals surface area contributed by atoms with E-state index in [2.05, 4.69) is 15.3 Å². The van der Waals surface area contributed by atoms with Crippen LogP contribution < -0.4 is 16.6 Å². The van der Waals surface area contributed by atoms with Gasteiger partial charge in [0.05, 0.1) is 12.6 Å². The Morgan fingerprint density at radius 1 is 1.31 bits per heavy atom. The first-order valence-electron chi connectivity index (χ1n) is 8.14. The average molecular weight is 397 g/mol. The topological polar surface area (TPSA) is 98.1 Å².